The first kappa shape index (κ1) is 17.9. The van der Waals surface area contributed by atoms with E-state index >= 15 is 0 Å². The van der Waals surface area contributed by atoms with Gasteiger partial charge in [-0.1, -0.05) is 62.6 Å². The van der Waals surface area contributed by atoms with Gasteiger partial charge in [0, 0.05) is 0 Å². The highest BCUT2D eigenvalue weighted by atomic mass is 16.5. The van der Waals surface area contributed by atoms with Crippen LogP contribution >= 0.6 is 0 Å². The fraction of sp³-hybridized carbons (Fsp3) is 0.471. The van der Waals surface area contributed by atoms with Crippen molar-refractivity contribution >= 4 is 17.8 Å². The van der Waals surface area contributed by atoms with E-state index in [1.165, 1.54) is 7.11 Å². The molecule has 1 atom stereocenters. The standard InChI is InChI=1S/C11H17NO4.C6H6/c1-3-4-5-6-11(10(15)16-2)7-8(13)12-9(11)14;1-2-4-6-5-3-1/h3-7H2,1-2H3,(H,12,13,14);1-6H. The summed E-state index contributed by atoms with van der Waals surface area (Å²) in [5.74, 6) is -1.51. The van der Waals surface area contributed by atoms with E-state index in [2.05, 4.69) is 10.1 Å². The number of imide groups is 1. The van der Waals surface area contributed by atoms with Crippen molar-refractivity contribution < 1.29 is 19.1 Å². The van der Waals surface area contributed by atoms with Gasteiger partial charge in [0.15, 0.2) is 5.41 Å². The van der Waals surface area contributed by atoms with Gasteiger partial charge in [0.2, 0.25) is 11.8 Å². The second-order valence-corrected chi connectivity index (χ2v) is 5.24. The monoisotopic (exact) mass is 305 g/mol. The lowest BCUT2D eigenvalue weighted by molar-refractivity contribution is -0.157. The van der Waals surface area contributed by atoms with Crippen LogP contribution in [-0.4, -0.2) is 24.9 Å². The normalized spacial score (nSPS) is 19.9. The smallest absolute Gasteiger partial charge is 0.321 e. The molecule has 0 saturated carbocycles. The van der Waals surface area contributed by atoms with Crippen LogP contribution in [-0.2, 0) is 19.1 Å². The molecule has 0 aromatic heterocycles. The lowest BCUT2D eigenvalue weighted by Gasteiger charge is -2.21. The predicted molar refractivity (Wildman–Crippen MR) is 82.8 cm³/mol. The van der Waals surface area contributed by atoms with E-state index in [1.807, 2.05) is 43.3 Å². The molecule has 0 spiro atoms. The third kappa shape index (κ3) is 4.69. The van der Waals surface area contributed by atoms with Gasteiger partial charge in [-0.05, 0) is 6.42 Å². The Labute approximate surface area is 131 Å². The average Bonchev–Trinajstić information content (AvgIpc) is 2.84. The maximum Gasteiger partial charge on any atom is 0.321 e. The molecular formula is C17H23NO4. The molecule has 0 bridgehead atoms. The number of ether oxygens (including phenoxy) is 1. The van der Waals surface area contributed by atoms with Crippen LogP contribution in [0.5, 0.6) is 0 Å². The quantitative estimate of drug-likeness (QED) is 0.392. The van der Waals surface area contributed by atoms with Crippen molar-refractivity contribution in [1.29, 1.82) is 0 Å². The summed E-state index contributed by atoms with van der Waals surface area (Å²) in [6.45, 7) is 2.03. The summed E-state index contributed by atoms with van der Waals surface area (Å²) in [5, 5.41) is 2.17. The summed E-state index contributed by atoms with van der Waals surface area (Å²) in [4.78, 5) is 34.5. The highest BCUT2D eigenvalue weighted by Gasteiger charge is 2.53. The Bertz CT molecular complexity index is 474. The van der Waals surface area contributed by atoms with Gasteiger partial charge in [0.1, 0.15) is 0 Å². The largest absolute Gasteiger partial charge is 0.468 e. The van der Waals surface area contributed by atoms with Crippen LogP contribution in [0.1, 0.15) is 39.0 Å². The number of benzene rings is 1. The maximum atomic E-state index is 11.7. The molecule has 22 heavy (non-hydrogen) atoms. The molecule has 1 aliphatic heterocycles. The van der Waals surface area contributed by atoms with Crippen LogP contribution in [0.4, 0.5) is 0 Å². The van der Waals surface area contributed by atoms with Gasteiger partial charge in [0.25, 0.3) is 0 Å². The molecule has 1 aromatic carbocycles. The SMILES string of the molecule is CCCCCC1(C(=O)OC)CC(=O)NC1=O.c1ccccc1. The van der Waals surface area contributed by atoms with Crippen molar-refractivity contribution in [2.24, 2.45) is 5.41 Å². The molecule has 0 radical (unpaired) electrons. The lowest BCUT2D eigenvalue weighted by atomic mass is 9.81. The number of methoxy groups -OCH3 is 1. The summed E-state index contributed by atoms with van der Waals surface area (Å²) >= 11 is 0. The minimum atomic E-state index is -1.28. The number of hydrogen-bond donors (Lipinski definition) is 1. The van der Waals surface area contributed by atoms with Crippen molar-refractivity contribution in [2.75, 3.05) is 7.11 Å². The Morgan fingerprint density at radius 2 is 1.68 bits per heavy atom. The van der Waals surface area contributed by atoms with Crippen molar-refractivity contribution in [3.05, 3.63) is 36.4 Å². The molecule has 0 aliphatic carbocycles. The van der Waals surface area contributed by atoms with E-state index in [9.17, 15) is 14.4 Å². The number of amides is 2. The van der Waals surface area contributed by atoms with E-state index in [4.69, 9.17) is 0 Å². The van der Waals surface area contributed by atoms with Crippen LogP contribution < -0.4 is 5.32 Å². The first-order chi connectivity index (χ1) is 10.6. The highest BCUT2D eigenvalue weighted by Crippen LogP contribution is 2.34. The first-order valence-electron chi connectivity index (χ1n) is 7.49. The van der Waals surface area contributed by atoms with Gasteiger partial charge in [0.05, 0.1) is 13.5 Å². The number of unbranched alkanes of at least 4 members (excludes halogenated alkanes) is 2. The van der Waals surface area contributed by atoms with Gasteiger partial charge < -0.3 is 4.74 Å². The molecule has 1 aliphatic rings. The molecule has 1 aromatic rings. The molecule has 1 N–H and O–H groups in total. The van der Waals surface area contributed by atoms with Crippen LogP contribution in [0, 0.1) is 5.41 Å². The average molecular weight is 305 g/mol. The van der Waals surface area contributed by atoms with Gasteiger partial charge >= 0.3 is 5.97 Å². The highest BCUT2D eigenvalue weighted by molar-refractivity contribution is 6.16. The molecule has 1 saturated heterocycles. The Morgan fingerprint density at radius 3 is 2.05 bits per heavy atom. The zero-order valence-corrected chi connectivity index (χ0v) is 13.1. The molecule has 2 rings (SSSR count). The van der Waals surface area contributed by atoms with E-state index in [1.54, 1.807) is 0 Å². The summed E-state index contributed by atoms with van der Waals surface area (Å²) < 4.78 is 4.63. The third-order valence-electron chi connectivity index (χ3n) is 3.60. The second-order valence-electron chi connectivity index (χ2n) is 5.24. The molecule has 120 valence electrons. The van der Waals surface area contributed by atoms with E-state index in [0.29, 0.717) is 6.42 Å². The number of carbonyl (C=O) groups excluding carboxylic acids is 3. The Hall–Kier alpha value is -2.17. The van der Waals surface area contributed by atoms with Gasteiger partial charge in [-0.2, -0.15) is 0 Å². The fourth-order valence-electron chi connectivity index (χ4n) is 2.37. The minimum absolute atomic E-state index is 0.0811. The molecule has 1 heterocycles. The number of hydrogen-bond acceptors (Lipinski definition) is 4. The van der Waals surface area contributed by atoms with Crippen LogP contribution in [0.3, 0.4) is 0 Å². The number of nitrogens with one attached hydrogen (secondary N) is 1. The topological polar surface area (TPSA) is 72.5 Å². The summed E-state index contributed by atoms with van der Waals surface area (Å²) in [6.07, 6.45) is 2.96. The molecule has 2 amide bonds. The van der Waals surface area contributed by atoms with E-state index < -0.39 is 23.2 Å². The van der Waals surface area contributed by atoms with Crippen molar-refractivity contribution in [1.82, 2.24) is 5.32 Å². The molecule has 1 fully saturated rings. The number of rotatable bonds is 5. The van der Waals surface area contributed by atoms with Crippen LogP contribution in [0.15, 0.2) is 36.4 Å². The molecule has 5 heteroatoms. The second kappa shape index (κ2) is 8.97. The van der Waals surface area contributed by atoms with Crippen molar-refractivity contribution in [3.63, 3.8) is 0 Å². The Kier molecular flexibility index (Phi) is 7.29. The maximum absolute atomic E-state index is 11.7. The van der Waals surface area contributed by atoms with Crippen LogP contribution in [0.25, 0.3) is 0 Å². The molecule has 5 nitrogen and oxygen atoms in total. The van der Waals surface area contributed by atoms with E-state index in [0.717, 1.165) is 19.3 Å². The zero-order valence-electron chi connectivity index (χ0n) is 13.1. The Balaban J connectivity index is 0.000000335. The molecule has 1 unspecified atom stereocenters. The van der Waals surface area contributed by atoms with Crippen molar-refractivity contribution in [3.8, 4) is 0 Å². The number of carbonyl (C=O) groups is 3. The Morgan fingerprint density at radius 1 is 1.14 bits per heavy atom. The molecular weight excluding hydrogens is 282 g/mol. The fourth-order valence-corrected chi connectivity index (χ4v) is 2.37. The van der Waals surface area contributed by atoms with Gasteiger partial charge in [-0.25, -0.2) is 0 Å². The third-order valence-corrected chi connectivity index (χ3v) is 3.60. The minimum Gasteiger partial charge on any atom is -0.468 e. The van der Waals surface area contributed by atoms with Crippen LogP contribution in [0.2, 0.25) is 0 Å². The lowest BCUT2D eigenvalue weighted by Crippen LogP contribution is -2.39. The zero-order chi connectivity index (χ0) is 16.4. The summed E-state index contributed by atoms with van der Waals surface area (Å²) in [6, 6.07) is 12.0. The van der Waals surface area contributed by atoms with E-state index in [-0.39, 0.29) is 6.42 Å². The number of esters is 1. The summed E-state index contributed by atoms with van der Waals surface area (Å²) in [7, 11) is 1.24. The van der Waals surface area contributed by atoms with Gasteiger partial charge in [-0.15, -0.1) is 0 Å². The first-order valence-corrected chi connectivity index (χ1v) is 7.49. The van der Waals surface area contributed by atoms with Gasteiger partial charge in [-0.3, -0.25) is 19.7 Å². The van der Waals surface area contributed by atoms with Crippen molar-refractivity contribution in [2.45, 2.75) is 39.0 Å². The predicted octanol–water partition coefficient (Wildman–Crippen LogP) is 2.46. The summed E-state index contributed by atoms with van der Waals surface area (Å²) in [5.41, 5.74) is -1.28.